The highest BCUT2D eigenvalue weighted by Gasteiger charge is 2.69. The molecule has 19 heavy (non-hydrogen) atoms. The van der Waals surface area contributed by atoms with Crippen LogP contribution in [0.3, 0.4) is 0 Å². The SMILES string of the molecule is COC(=O)[C@@H]1[C@@H]2[C@H](CN1C(=O)[C@@H](C)C(C)C)C2(C)C. The largest absolute Gasteiger partial charge is 0.467 e. The number of methoxy groups -OCH3 is 1. The highest BCUT2D eigenvalue weighted by atomic mass is 16.5. The Balaban J connectivity index is 2.19. The second-order valence-electron chi connectivity index (χ2n) is 6.94. The van der Waals surface area contributed by atoms with E-state index in [2.05, 4.69) is 13.8 Å². The fraction of sp³-hybridized carbons (Fsp3) is 0.867. The summed E-state index contributed by atoms with van der Waals surface area (Å²) in [6.45, 7) is 11.1. The van der Waals surface area contributed by atoms with Crippen LogP contribution in [0.15, 0.2) is 0 Å². The van der Waals surface area contributed by atoms with Gasteiger partial charge in [0.25, 0.3) is 0 Å². The van der Waals surface area contributed by atoms with Crippen LogP contribution in [0, 0.1) is 29.1 Å². The molecule has 4 nitrogen and oxygen atoms in total. The number of piperidine rings is 1. The first-order chi connectivity index (χ1) is 8.73. The molecule has 2 rings (SSSR count). The van der Waals surface area contributed by atoms with Crippen molar-refractivity contribution in [2.24, 2.45) is 29.1 Å². The quantitative estimate of drug-likeness (QED) is 0.734. The van der Waals surface area contributed by atoms with E-state index in [1.54, 1.807) is 4.90 Å². The third kappa shape index (κ3) is 2.05. The number of hydrogen-bond donors (Lipinski definition) is 0. The number of nitrogens with zero attached hydrogens (tertiary/aromatic N) is 1. The van der Waals surface area contributed by atoms with Crippen LogP contribution in [0.25, 0.3) is 0 Å². The highest BCUT2D eigenvalue weighted by molar-refractivity contribution is 5.87. The normalized spacial score (nSPS) is 33.0. The Labute approximate surface area is 115 Å². The molecule has 0 spiro atoms. The predicted octanol–water partition coefficient (Wildman–Crippen LogP) is 1.93. The minimum Gasteiger partial charge on any atom is -0.467 e. The Hall–Kier alpha value is -1.06. The van der Waals surface area contributed by atoms with E-state index >= 15 is 0 Å². The maximum Gasteiger partial charge on any atom is 0.328 e. The van der Waals surface area contributed by atoms with E-state index in [1.165, 1.54) is 7.11 Å². The molecule has 4 heteroatoms. The van der Waals surface area contributed by atoms with Crippen molar-refractivity contribution in [3.8, 4) is 0 Å². The van der Waals surface area contributed by atoms with Gasteiger partial charge in [0, 0.05) is 18.4 Å². The molecule has 0 aromatic carbocycles. The van der Waals surface area contributed by atoms with Gasteiger partial charge < -0.3 is 9.64 Å². The minimum absolute atomic E-state index is 0.0484. The van der Waals surface area contributed by atoms with Crippen LogP contribution in [-0.2, 0) is 14.3 Å². The first-order valence-electron chi connectivity index (χ1n) is 7.11. The fourth-order valence-corrected chi connectivity index (χ4v) is 3.45. The number of hydrogen-bond acceptors (Lipinski definition) is 3. The zero-order valence-electron chi connectivity index (χ0n) is 12.8. The molecule has 0 aromatic rings. The van der Waals surface area contributed by atoms with Crippen LogP contribution in [0.4, 0.5) is 0 Å². The van der Waals surface area contributed by atoms with Crippen LogP contribution in [-0.4, -0.2) is 36.5 Å². The first kappa shape index (κ1) is 14.4. The second-order valence-corrected chi connectivity index (χ2v) is 6.94. The Kier molecular flexibility index (Phi) is 3.40. The van der Waals surface area contributed by atoms with Crippen LogP contribution < -0.4 is 0 Å². The number of fused-ring (bicyclic) bond motifs is 1. The number of rotatable bonds is 3. The standard InChI is InChI=1S/C15H25NO3/c1-8(2)9(3)13(17)16-7-10-11(15(10,4)5)12(16)14(18)19-6/h8-12H,7H2,1-6H3/t9-,10-,11-,12-/m0/s1. The van der Waals surface area contributed by atoms with Crippen LogP contribution in [0.5, 0.6) is 0 Å². The molecular formula is C15H25NO3. The number of esters is 1. The molecule has 108 valence electrons. The zero-order valence-corrected chi connectivity index (χ0v) is 12.8. The lowest BCUT2D eigenvalue weighted by molar-refractivity contribution is -0.154. The summed E-state index contributed by atoms with van der Waals surface area (Å²) >= 11 is 0. The van der Waals surface area contributed by atoms with Gasteiger partial charge in [-0.15, -0.1) is 0 Å². The maximum atomic E-state index is 12.5. The van der Waals surface area contributed by atoms with Gasteiger partial charge in [-0.25, -0.2) is 4.79 Å². The number of carbonyl (C=O) groups is 2. The summed E-state index contributed by atoms with van der Waals surface area (Å²) < 4.78 is 4.91. The van der Waals surface area contributed by atoms with Crippen molar-refractivity contribution in [3.05, 3.63) is 0 Å². The van der Waals surface area contributed by atoms with E-state index in [4.69, 9.17) is 4.74 Å². The van der Waals surface area contributed by atoms with Crippen molar-refractivity contribution >= 4 is 11.9 Å². The summed E-state index contributed by atoms with van der Waals surface area (Å²) in [6, 6.07) is -0.376. The molecule has 0 bridgehead atoms. The van der Waals surface area contributed by atoms with Gasteiger partial charge in [0.2, 0.25) is 5.91 Å². The Morgan fingerprint density at radius 2 is 1.84 bits per heavy atom. The maximum absolute atomic E-state index is 12.5. The van der Waals surface area contributed by atoms with Gasteiger partial charge in [0.05, 0.1) is 7.11 Å². The average molecular weight is 267 g/mol. The Morgan fingerprint density at radius 3 is 2.32 bits per heavy atom. The number of likely N-dealkylation sites (tertiary alicyclic amines) is 1. The second kappa shape index (κ2) is 4.50. The summed E-state index contributed by atoms with van der Waals surface area (Å²) in [4.78, 5) is 26.3. The van der Waals surface area contributed by atoms with Crippen molar-refractivity contribution in [2.45, 2.75) is 40.7 Å². The van der Waals surface area contributed by atoms with E-state index in [1.807, 2.05) is 20.8 Å². The molecular weight excluding hydrogens is 242 g/mol. The number of carbonyl (C=O) groups excluding carboxylic acids is 2. The van der Waals surface area contributed by atoms with Crippen molar-refractivity contribution in [3.63, 3.8) is 0 Å². The first-order valence-corrected chi connectivity index (χ1v) is 7.11. The molecule has 4 atom stereocenters. The van der Waals surface area contributed by atoms with Crippen molar-refractivity contribution < 1.29 is 14.3 Å². The van der Waals surface area contributed by atoms with Crippen molar-refractivity contribution in [1.29, 1.82) is 0 Å². The van der Waals surface area contributed by atoms with Gasteiger partial charge in [-0.05, 0) is 17.3 Å². The summed E-state index contributed by atoms with van der Waals surface area (Å²) in [5.41, 5.74) is 0.163. The molecule has 2 fully saturated rings. The van der Waals surface area contributed by atoms with E-state index in [0.717, 1.165) is 0 Å². The lowest BCUT2D eigenvalue weighted by Crippen LogP contribution is -2.48. The van der Waals surface area contributed by atoms with Gasteiger partial charge in [-0.1, -0.05) is 34.6 Å². The van der Waals surface area contributed by atoms with Crippen molar-refractivity contribution in [1.82, 2.24) is 4.90 Å². The Bertz CT molecular complexity index is 402. The van der Waals surface area contributed by atoms with Gasteiger partial charge >= 0.3 is 5.97 Å². The molecule has 0 radical (unpaired) electrons. The number of ether oxygens (including phenoxy) is 1. The third-order valence-electron chi connectivity index (χ3n) is 5.32. The fourth-order valence-electron chi connectivity index (χ4n) is 3.45. The summed E-state index contributed by atoms with van der Waals surface area (Å²) in [7, 11) is 1.40. The molecule has 0 N–H and O–H groups in total. The summed E-state index contributed by atoms with van der Waals surface area (Å²) in [5, 5.41) is 0. The minimum atomic E-state index is -0.376. The van der Waals surface area contributed by atoms with Gasteiger partial charge in [-0.2, -0.15) is 0 Å². The van der Waals surface area contributed by atoms with E-state index in [-0.39, 0.29) is 41.1 Å². The molecule has 0 aromatic heterocycles. The van der Waals surface area contributed by atoms with Gasteiger partial charge in [-0.3, -0.25) is 4.79 Å². The molecule has 2 aliphatic rings. The molecule has 1 saturated heterocycles. The molecule has 1 amide bonds. The topological polar surface area (TPSA) is 46.6 Å². The number of amides is 1. The molecule has 1 saturated carbocycles. The van der Waals surface area contributed by atoms with E-state index in [9.17, 15) is 9.59 Å². The molecule has 1 heterocycles. The Morgan fingerprint density at radius 1 is 1.26 bits per heavy atom. The van der Waals surface area contributed by atoms with Crippen LogP contribution >= 0.6 is 0 Å². The predicted molar refractivity (Wildman–Crippen MR) is 72.3 cm³/mol. The van der Waals surface area contributed by atoms with Gasteiger partial charge in [0.1, 0.15) is 6.04 Å². The monoisotopic (exact) mass is 267 g/mol. The zero-order chi connectivity index (χ0) is 14.5. The van der Waals surface area contributed by atoms with Crippen LogP contribution in [0.2, 0.25) is 0 Å². The van der Waals surface area contributed by atoms with Crippen molar-refractivity contribution in [2.75, 3.05) is 13.7 Å². The molecule has 1 aliphatic carbocycles. The van der Waals surface area contributed by atoms with Gasteiger partial charge in [0.15, 0.2) is 0 Å². The van der Waals surface area contributed by atoms with E-state index < -0.39 is 0 Å². The summed E-state index contributed by atoms with van der Waals surface area (Å²) in [5.74, 6) is 0.780. The third-order valence-corrected chi connectivity index (χ3v) is 5.32. The molecule has 0 unspecified atom stereocenters. The summed E-state index contributed by atoms with van der Waals surface area (Å²) in [6.07, 6.45) is 0. The molecule has 1 aliphatic heterocycles. The smallest absolute Gasteiger partial charge is 0.328 e. The lowest BCUT2D eigenvalue weighted by atomic mass is 9.94. The van der Waals surface area contributed by atoms with E-state index in [0.29, 0.717) is 12.5 Å². The highest BCUT2D eigenvalue weighted by Crippen LogP contribution is 2.65. The lowest BCUT2D eigenvalue weighted by Gasteiger charge is -2.32. The average Bonchev–Trinajstić information content (AvgIpc) is 2.76. The van der Waals surface area contributed by atoms with Crippen LogP contribution in [0.1, 0.15) is 34.6 Å².